The van der Waals surface area contributed by atoms with Crippen molar-refractivity contribution < 1.29 is 19.4 Å². The summed E-state index contributed by atoms with van der Waals surface area (Å²) >= 11 is 9.80. The number of rotatable bonds is 8. The molecule has 0 atom stereocenters. The maximum Gasteiger partial charge on any atom is 0.341 e. The van der Waals surface area contributed by atoms with Crippen LogP contribution in [0.3, 0.4) is 0 Å². The Hall–Kier alpha value is -2.91. The van der Waals surface area contributed by atoms with E-state index in [1.54, 1.807) is 25.1 Å². The lowest BCUT2D eigenvalue weighted by atomic mass is 9.88. The van der Waals surface area contributed by atoms with Gasteiger partial charge in [0.2, 0.25) is 0 Å². The maximum absolute atomic E-state index is 13.5. The summed E-state index contributed by atoms with van der Waals surface area (Å²) in [6.45, 7) is 1.57. The summed E-state index contributed by atoms with van der Waals surface area (Å²) in [5.41, 5.74) is 0.967. The van der Waals surface area contributed by atoms with Crippen LogP contribution in [-0.4, -0.2) is 40.2 Å². The van der Waals surface area contributed by atoms with Crippen molar-refractivity contribution in [2.24, 2.45) is 5.10 Å². The number of hydrogen-bond acceptors (Lipinski definition) is 6. The molecular weight excluding hydrogens is 538 g/mol. The van der Waals surface area contributed by atoms with Gasteiger partial charge < -0.3 is 14.6 Å². The van der Waals surface area contributed by atoms with Gasteiger partial charge in [-0.05, 0) is 55.7 Å². The molecule has 1 aromatic heterocycles. The van der Waals surface area contributed by atoms with E-state index < -0.39 is 12.6 Å². The molecule has 0 amide bonds. The van der Waals surface area contributed by atoms with Crippen LogP contribution in [0, 0.1) is 0 Å². The second-order valence-electron chi connectivity index (χ2n) is 8.27. The van der Waals surface area contributed by atoms with Crippen molar-refractivity contribution in [1.82, 2.24) is 9.66 Å². The molecule has 8 nitrogen and oxygen atoms in total. The zero-order valence-electron chi connectivity index (χ0n) is 19.2. The third kappa shape index (κ3) is 5.85. The molecule has 1 N–H and O–H groups in total. The van der Waals surface area contributed by atoms with Gasteiger partial charge in [-0.2, -0.15) is 9.78 Å². The molecule has 0 saturated heterocycles. The molecule has 2 aromatic carbocycles. The van der Waals surface area contributed by atoms with E-state index in [0.29, 0.717) is 34.6 Å². The fourth-order valence-corrected chi connectivity index (χ4v) is 4.86. The van der Waals surface area contributed by atoms with E-state index in [9.17, 15) is 9.59 Å². The van der Waals surface area contributed by atoms with Gasteiger partial charge in [0.25, 0.3) is 5.56 Å². The van der Waals surface area contributed by atoms with E-state index in [0.717, 1.165) is 30.2 Å². The van der Waals surface area contributed by atoms with Crippen LogP contribution in [0.15, 0.2) is 44.7 Å². The quantitative estimate of drug-likeness (QED) is 0.358. The van der Waals surface area contributed by atoms with Gasteiger partial charge in [-0.1, -0.05) is 46.8 Å². The van der Waals surface area contributed by atoms with Gasteiger partial charge in [-0.15, -0.1) is 0 Å². The van der Waals surface area contributed by atoms with Crippen molar-refractivity contribution in [3.05, 3.63) is 61.6 Å². The second-order valence-corrected chi connectivity index (χ2v) is 9.60. The number of nitrogens with zero attached hydrogens (tertiary/aromatic N) is 3. The standard InChI is InChI=1S/C25H25BrClN3O5/c1-2-34-21-11-15(10-19(27)23(21)35-14-22(31)32)13-28-30-24(16-6-4-3-5-7-16)29-20-9-8-17(26)12-18(20)25(30)33/h8-13,16H,2-7,14H2,1H3,(H,31,32). The Kier molecular flexibility index (Phi) is 8.07. The summed E-state index contributed by atoms with van der Waals surface area (Å²) in [6, 6.07) is 8.69. The Morgan fingerprint density at radius 1 is 1.26 bits per heavy atom. The molecule has 0 aliphatic heterocycles. The fraction of sp³-hybridized carbons (Fsp3) is 0.360. The summed E-state index contributed by atoms with van der Waals surface area (Å²) in [5.74, 6) is 0.113. The molecular formula is C25H25BrClN3O5. The number of fused-ring (bicyclic) bond motifs is 1. The Bertz CT molecular complexity index is 1330. The monoisotopic (exact) mass is 561 g/mol. The Morgan fingerprint density at radius 3 is 2.74 bits per heavy atom. The molecule has 1 saturated carbocycles. The highest BCUT2D eigenvalue weighted by molar-refractivity contribution is 9.10. The first-order valence-electron chi connectivity index (χ1n) is 11.4. The highest BCUT2D eigenvalue weighted by Gasteiger charge is 2.22. The molecule has 1 heterocycles. The molecule has 35 heavy (non-hydrogen) atoms. The third-order valence-corrected chi connectivity index (χ3v) is 6.57. The van der Waals surface area contributed by atoms with Crippen LogP contribution in [0.2, 0.25) is 5.02 Å². The summed E-state index contributed by atoms with van der Waals surface area (Å²) in [7, 11) is 0. The fourth-order valence-electron chi connectivity index (χ4n) is 4.23. The van der Waals surface area contributed by atoms with E-state index in [-0.39, 0.29) is 22.2 Å². The van der Waals surface area contributed by atoms with Crippen LogP contribution in [-0.2, 0) is 4.79 Å². The summed E-state index contributed by atoms with van der Waals surface area (Å²) in [5, 5.41) is 14.1. The largest absolute Gasteiger partial charge is 0.490 e. The molecule has 0 unspecified atom stereocenters. The van der Waals surface area contributed by atoms with Crippen molar-refractivity contribution in [3.8, 4) is 11.5 Å². The van der Waals surface area contributed by atoms with Crippen molar-refractivity contribution in [2.45, 2.75) is 44.9 Å². The molecule has 3 aromatic rings. The lowest BCUT2D eigenvalue weighted by Crippen LogP contribution is -2.25. The number of benzene rings is 2. The van der Waals surface area contributed by atoms with Gasteiger partial charge in [0.15, 0.2) is 18.1 Å². The number of halogens is 2. The van der Waals surface area contributed by atoms with Gasteiger partial charge in [-0.3, -0.25) is 4.79 Å². The number of carboxylic acids is 1. The van der Waals surface area contributed by atoms with Gasteiger partial charge in [0.1, 0.15) is 5.82 Å². The summed E-state index contributed by atoms with van der Waals surface area (Å²) < 4.78 is 13.1. The van der Waals surface area contributed by atoms with Crippen LogP contribution >= 0.6 is 27.5 Å². The van der Waals surface area contributed by atoms with Gasteiger partial charge >= 0.3 is 5.97 Å². The molecule has 10 heteroatoms. The van der Waals surface area contributed by atoms with Crippen LogP contribution in [0.5, 0.6) is 11.5 Å². The Morgan fingerprint density at radius 2 is 2.03 bits per heavy atom. The number of ether oxygens (including phenoxy) is 2. The molecule has 184 valence electrons. The first-order valence-corrected chi connectivity index (χ1v) is 12.6. The van der Waals surface area contributed by atoms with Crippen molar-refractivity contribution in [1.29, 1.82) is 0 Å². The number of hydrogen-bond donors (Lipinski definition) is 1. The molecule has 1 aliphatic rings. The van der Waals surface area contributed by atoms with E-state index in [1.165, 1.54) is 17.3 Å². The van der Waals surface area contributed by atoms with E-state index in [4.69, 9.17) is 31.2 Å². The number of carboxylic acid groups (broad SMARTS) is 1. The van der Waals surface area contributed by atoms with E-state index in [1.807, 2.05) is 12.1 Å². The zero-order valence-corrected chi connectivity index (χ0v) is 21.5. The van der Waals surface area contributed by atoms with Crippen molar-refractivity contribution >= 4 is 50.6 Å². The third-order valence-electron chi connectivity index (χ3n) is 5.80. The summed E-state index contributed by atoms with van der Waals surface area (Å²) in [6.07, 6.45) is 6.80. The Labute approximate surface area is 215 Å². The molecule has 0 spiro atoms. The summed E-state index contributed by atoms with van der Waals surface area (Å²) in [4.78, 5) is 29.2. The maximum atomic E-state index is 13.5. The minimum absolute atomic E-state index is 0.144. The smallest absolute Gasteiger partial charge is 0.341 e. The molecule has 1 fully saturated rings. The normalized spacial score (nSPS) is 14.5. The predicted octanol–water partition coefficient (Wildman–Crippen LogP) is 5.60. The minimum atomic E-state index is -1.13. The van der Waals surface area contributed by atoms with E-state index in [2.05, 4.69) is 21.0 Å². The van der Waals surface area contributed by atoms with Gasteiger partial charge in [0, 0.05) is 10.4 Å². The molecule has 4 rings (SSSR count). The Balaban J connectivity index is 1.78. The first kappa shape index (κ1) is 25.2. The lowest BCUT2D eigenvalue weighted by molar-refractivity contribution is -0.139. The van der Waals surface area contributed by atoms with Crippen molar-refractivity contribution in [2.75, 3.05) is 13.2 Å². The van der Waals surface area contributed by atoms with Crippen LogP contribution in [0.4, 0.5) is 0 Å². The van der Waals surface area contributed by atoms with Crippen LogP contribution in [0.25, 0.3) is 10.9 Å². The number of aromatic nitrogens is 2. The average molecular weight is 563 g/mol. The highest BCUT2D eigenvalue weighted by Crippen LogP contribution is 2.36. The average Bonchev–Trinajstić information content (AvgIpc) is 2.84. The first-order chi connectivity index (χ1) is 16.9. The lowest BCUT2D eigenvalue weighted by Gasteiger charge is -2.22. The van der Waals surface area contributed by atoms with Gasteiger partial charge in [0.05, 0.1) is 28.7 Å². The van der Waals surface area contributed by atoms with Gasteiger partial charge in [-0.25, -0.2) is 9.78 Å². The molecule has 0 radical (unpaired) electrons. The SMILES string of the molecule is CCOc1cc(C=Nn2c(C3CCCCC3)nc3ccc(Br)cc3c2=O)cc(Cl)c1OCC(=O)O. The molecule has 0 bridgehead atoms. The number of carbonyl (C=O) groups is 1. The topological polar surface area (TPSA) is 103 Å². The molecule has 1 aliphatic carbocycles. The zero-order chi connectivity index (χ0) is 24.9. The van der Waals surface area contributed by atoms with Crippen LogP contribution < -0.4 is 15.0 Å². The second kappa shape index (κ2) is 11.2. The number of aliphatic carboxylic acids is 1. The van der Waals surface area contributed by atoms with Crippen LogP contribution in [0.1, 0.15) is 56.3 Å². The minimum Gasteiger partial charge on any atom is -0.490 e. The van der Waals surface area contributed by atoms with Crippen molar-refractivity contribution in [3.63, 3.8) is 0 Å². The highest BCUT2D eigenvalue weighted by atomic mass is 79.9. The van der Waals surface area contributed by atoms with E-state index >= 15 is 0 Å². The predicted molar refractivity (Wildman–Crippen MR) is 138 cm³/mol.